The molecular weight excluding hydrogens is 1490 g/mol. The number of nitrogens with two attached hydrogens (primary N) is 2. The zero-order valence-electron chi connectivity index (χ0n) is 86.5. The van der Waals surface area contributed by atoms with Crippen molar-refractivity contribution in [1.29, 1.82) is 0 Å². The molecule has 0 saturated heterocycles. The third-order valence-electron chi connectivity index (χ3n) is 28.1. The number of hydrogen-bond donors (Lipinski definition) is 2. The van der Waals surface area contributed by atoms with E-state index < -0.39 is 7.12 Å². The predicted octanol–water partition coefficient (Wildman–Crippen LogP) is 37.6. The van der Waals surface area contributed by atoms with Gasteiger partial charge in [-0.15, -0.1) is 5.46 Å². The van der Waals surface area contributed by atoms with E-state index in [4.69, 9.17) is 0 Å². The average molecular weight is 1730 g/mol. The first kappa shape index (κ1) is 124. The van der Waals surface area contributed by atoms with Crippen molar-refractivity contribution < 1.29 is 20.7 Å². The molecule has 1 aromatic rings. The van der Waals surface area contributed by atoms with Gasteiger partial charge in [-0.05, 0) is 69.8 Å². The fourth-order valence-corrected chi connectivity index (χ4v) is 19.2. The largest absolute Gasteiger partial charge is 0.889 e. The highest BCUT2D eigenvalue weighted by Crippen LogP contribution is 2.23. The quantitative estimate of drug-likeness (QED) is 0.0503. The fraction of sp³-hybridized carbons (Fsp3) is 0.949. The molecule has 4 N–H and O–H groups in total. The molecule has 0 heterocycles. The summed E-state index contributed by atoms with van der Waals surface area (Å²) in [4.78, 5) is 0. The average Bonchev–Trinajstić information content (AvgIpc) is 0.899. The summed E-state index contributed by atoms with van der Waals surface area (Å²) in [6.07, 6.45) is 151. The second-order valence-electron chi connectivity index (χ2n) is 40.9. The van der Waals surface area contributed by atoms with Gasteiger partial charge in [0, 0.05) is 0 Å². The van der Waals surface area contributed by atoms with E-state index in [1.807, 2.05) is 12.1 Å². The van der Waals surface area contributed by atoms with Gasteiger partial charge in [0.25, 0.3) is 0 Å². The van der Waals surface area contributed by atoms with Crippen LogP contribution in [0.1, 0.15) is 695 Å². The van der Waals surface area contributed by atoms with Crippen molar-refractivity contribution in [3.05, 3.63) is 29.8 Å². The van der Waals surface area contributed by atoms with Crippen molar-refractivity contribution in [3.63, 3.8) is 0 Å². The van der Waals surface area contributed by atoms with Crippen LogP contribution < -0.4 is 26.1 Å². The molecule has 123 heavy (non-hydrogen) atoms. The molecule has 0 spiro atoms. The Kier molecular flexibility index (Phi) is 120. The summed E-state index contributed by atoms with van der Waals surface area (Å²) in [6, 6.07) is 7.14. The van der Waals surface area contributed by atoms with Crippen LogP contribution in [0.4, 0.5) is 0 Å². The van der Waals surface area contributed by atoms with Crippen molar-refractivity contribution in [3.8, 4) is 0 Å². The zero-order valence-corrected chi connectivity index (χ0v) is 86.5. The monoisotopic (exact) mass is 1730 g/mol. The van der Waals surface area contributed by atoms with Crippen LogP contribution in [0.2, 0.25) is 0 Å². The van der Waals surface area contributed by atoms with Crippen molar-refractivity contribution >= 4 is 12.6 Å². The second-order valence-corrected chi connectivity index (χ2v) is 40.9. The molecule has 0 amide bonds. The summed E-state index contributed by atoms with van der Waals surface area (Å²) in [5.41, 5.74) is 1.57. The van der Waals surface area contributed by atoms with Crippen LogP contribution in [-0.2, 0) is 6.42 Å². The number of hydrogen-bond acceptors (Lipinski definition) is 2. The second kappa shape index (κ2) is 119. The Labute approximate surface area is 780 Å². The lowest BCUT2D eigenvalue weighted by Crippen LogP contribution is -2.84. The molecule has 0 aliphatic heterocycles. The maximum absolute atomic E-state index is 10.6. The van der Waals surface area contributed by atoms with E-state index in [1.54, 1.807) is 12.1 Å². The molecule has 1 rings (SSSR count). The van der Waals surface area contributed by atoms with Gasteiger partial charge >= 0.3 is 0 Å². The Bertz CT molecular complexity index is 1690. The van der Waals surface area contributed by atoms with Crippen molar-refractivity contribution in [2.45, 2.75) is 696 Å². The van der Waals surface area contributed by atoms with E-state index in [1.165, 1.54) is 687 Å². The minimum Gasteiger partial charge on any atom is -0.889 e. The molecule has 734 valence electrons. The van der Waals surface area contributed by atoms with Crippen molar-refractivity contribution in [2.75, 3.05) is 26.2 Å². The molecule has 0 atom stereocenters. The van der Waals surface area contributed by atoms with E-state index in [0.717, 1.165) is 6.42 Å². The Hall–Kier alpha value is -0.875. The highest BCUT2D eigenvalue weighted by atomic mass is 16.4. The summed E-state index contributed by atoms with van der Waals surface area (Å²) in [6.45, 7) is 17.0. The Morgan fingerprint density at radius 1 is 0.146 bits per heavy atom. The maximum Gasteiger partial charge on any atom is 0.0755 e. The van der Waals surface area contributed by atoms with Crippen molar-refractivity contribution in [2.24, 2.45) is 0 Å². The summed E-state index contributed by atoms with van der Waals surface area (Å²) < 4.78 is 0. The Morgan fingerprint density at radius 3 is 0.366 bits per heavy atom. The number of benzene rings is 1. The number of quaternary nitrogens is 2. The fourth-order valence-electron chi connectivity index (χ4n) is 19.2. The lowest BCUT2D eigenvalue weighted by atomic mass is 9.80. The zero-order chi connectivity index (χ0) is 88.6. The molecule has 0 radical (unpaired) electrons. The first-order valence-corrected chi connectivity index (χ1v) is 59.1. The minimum absolute atomic E-state index is 0.344. The molecule has 1 aromatic carbocycles. The Morgan fingerprint density at radius 2 is 0.252 bits per heavy atom. The molecule has 5 heteroatoms. The summed E-state index contributed by atoms with van der Waals surface area (Å²) in [5, 5.41) is 26.5. The molecule has 0 aliphatic carbocycles. The lowest BCUT2D eigenvalue weighted by Gasteiger charge is -2.26. The van der Waals surface area contributed by atoms with Gasteiger partial charge in [-0.25, -0.2) is 0 Å². The van der Waals surface area contributed by atoms with E-state index in [0.29, 0.717) is 5.46 Å². The minimum atomic E-state index is -1.85. The van der Waals surface area contributed by atoms with E-state index in [-0.39, 0.29) is 0 Å². The van der Waals surface area contributed by atoms with E-state index in [9.17, 15) is 10.0 Å². The van der Waals surface area contributed by atoms with Crippen LogP contribution in [0.5, 0.6) is 0 Å². The SMILES string of the molecule is CCCCCCCCCCCCCCCCCCCCCCCCCC[NH2+]CCCCCCCCCCCCCCCCCCCCCCCCCC.CCCCCCCCCCCCCCCCCCCCCCCCCC[NH2+]CCCCCCCCCCCCCCCCCCCCCCCCCC.CCCCCCCCc1ccc(B([O-])[O-])cc1. The molecule has 0 saturated carbocycles. The summed E-state index contributed by atoms with van der Waals surface area (Å²) >= 11 is 0. The van der Waals surface area contributed by atoms with Gasteiger partial charge in [0.1, 0.15) is 0 Å². The molecule has 0 bridgehead atoms. The first-order chi connectivity index (χ1) is 61.1. The van der Waals surface area contributed by atoms with Gasteiger partial charge in [0.2, 0.25) is 0 Å². The smallest absolute Gasteiger partial charge is 0.0755 e. The van der Waals surface area contributed by atoms with Gasteiger partial charge in [-0.1, -0.05) is 663 Å². The predicted molar refractivity (Wildman–Crippen MR) is 558 cm³/mol. The van der Waals surface area contributed by atoms with Gasteiger partial charge < -0.3 is 20.7 Å². The molecular formula is C118H237BN2O2. The van der Waals surface area contributed by atoms with Gasteiger partial charge in [0.05, 0.1) is 26.2 Å². The maximum atomic E-state index is 10.6. The molecule has 0 aromatic heterocycles. The third-order valence-corrected chi connectivity index (χ3v) is 28.1. The number of aryl methyl sites for hydroxylation is 1. The molecule has 0 aliphatic rings. The van der Waals surface area contributed by atoms with Crippen LogP contribution in [0.3, 0.4) is 0 Å². The highest BCUT2D eigenvalue weighted by molar-refractivity contribution is 6.55. The normalized spacial score (nSPS) is 11.5. The van der Waals surface area contributed by atoms with Crippen LogP contribution in [-0.4, -0.2) is 33.3 Å². The van der Waals surface area contributed by atoms with Gasteiger partial charge in [-0.2, -0.15) is 0 Å². The van der Waals surface area contributed by atoms with E-state index >= 15 is 0 Å². The Balaban J connectivity index is 0. The summed E-state index contributed by atoms with van der Waals surface area (Å²) in [5.74, 6) is 0. The molecule has 0 fully saturated rings. The lowest BCUT2D eigenvalue weighted by molar-refractivity contribution is -0.655. The van der Waals surface area contributed by atoms with Crippen LogP contribution in [0.25, 0.3) is 0 Å². The summed E-state index contributed by atoms with van der Waals surface area (Å²) in [7, 11) is -1.85. The van der Waals surface area contributed by atoms with Gasteiger partial charge in [0.15, 0.2) is 0 Å². The third kappa shape index (κ3) is 117. The standard InChI is InChI=1S/2C52H107N.C14H21BO2/c2*1-3-5-7-9-11-13-15-17-19-21-23-25-27-29-31-33-35-37-39-41-43-45-47-49-51-53-52-50-48-46-44-42-40-38-36-34-32-30-28-26-24-22-20-18-16-14-12-10-8-6-4-2;1-2-3-4-5-6-7-8-13-9-11-14(12-10-13)15(16)17/h2*53H,3-52H2,1-2H3;9-12H,2-8H2,1H3/q;;-2/p+2. The van der Waals surface area contributed by atoms with Crippen LogP contribution >= 0.6 is 0 Å². The number of rotatable bonds is 108. The van der Waals surface area contributed by atoms with Crippen LogP contribution in [0, 0.1) is 0 Å². The van der Waals surface area contributed by atoms with Crippen molar-refractivity contribution in [1.82, 2.24) is 0 Å². The number of unbranched alkanes of at least 4 members (excludes halogenated alkanes) is 97. The van der Waals surface area contributed by atoms with Gasteiger partial charge in [-0.3, -0.25) is 0 Å². The van der Waals surface area contributed by atoms with E-state index in [2.05, 4.69) is 45.3 Å². The topological polar surface area (TPSA) is 79.3 Å². The van der Waals surface area contributed by atoms with Crippen LogP contribution in [0.15, 0.2) is 24.3 Å². The molecule has 4 nitrogen and oxygen atoms in total. The highest BCUT2D eigenvalue weighted by Gasteiger charge is 2.05. The first-order valence-electron chi connectivity index (χ1n) is 59.1. The molecule has 0 unspecified atom stereocenters.